The van der Waals surface area contributed by atoms with Gasteiger partial charge in [-0.15, -0.1) is 11.3 Å². The van der Waals surface area contributed by atoms with Crippen LogP contribution >= 0.6 is 11.3 Å². The van der Waals surface area contributed by atoms with Crippen molar-refractivity contribution in [3.63, 3.8) is 0 Å². The molecule has 0 spiro atoms. The van der Waals surface area contributed by atoms with Crippen molar-refractivity contribution < 1.29 is 19.1 Å². The lowest BCUT2D eigenvalue weighted by molar-refractivity contribution is -0.141. The van der Waals surface area contributed by atoms with Crippen LogP contribution in [0.25, 0.3) is 0 Å². The minimum atomic E-state index is -0.579. The number of nitrogens with one attached hydrogen (secondary N) is 1. The Morgan fingerprint density at radius 2 is 2.14 bits per heavy atom. The van der Waals surface area contributed by atoms with E-state index in [9.17, 15) is 14.4 Å². The molecular formula is C13H19N3O4S. The lowest BCUT2D eigenvalue weighted by Gasteiger charge is -2.18. The van der Waals surface area contributed by atoms with E-state index in [-0.39, 0.29) is 24.8 Å². The van der Waals surface area contributed by atoms with E-state index < -0.39 is 5.91 Å². The second-order valence-electron chi connectivity index (χ2n) is 4.27. The summed E-state index contributed by atoms with van der Waals surface area (Å²) in [6, 6.07) is 1.57. The van der Waals surface area contributed by atoms with Gasteiger partial charge in [-0.25, -0.2) is 0 Å². The fraction of sp³-hybridized carbons (Fsp3) is 0.462. The number of likely N-dealkylation sites (N-methyl/N-ethyl adjacent to an activating group) is 1. The van der Waals surface area contributed by atoms with E-state index in [1.165, 1.54) is 18.4 Å². The molecule has 8 heteroatoms. The molecule has 0 atom stereocenters. The van der Waals surface area contributed by atoms with Gasteiger partial charge in [0.1, 0.15) is 5.00 Å². The van der Waals surface area contributed by atoms with Crippen LogP contribution in [0.2, 0.25) is 0 Å². The van der Waals surface area contributed by atoms with Gasteiger partial charge in [0.05, 0.1) is 25.6 Å². The summed E-state index contributed by atoms with van der Waals surface area (Å²) in [6.45, 7) is 3.08. The SMILES string of the molecule is CCN(CCC(=O)OC)CC(=O)Nc1sccc1C(N)=O. The summed E-state index contributed by atoms with van der Waals surface area (Å²) in [6.07, 6.45) is 0.225. The number of methoxy groups -OCH3 is 1. The number of nitrogens with zero attached hydrogens (tertiary/aromatic N) is 1. The van der Waals surface area contributed by atoms with Gasteiger partial charge < -0.3 is 15.8 Å². The number of hydrogen-bond donors (Lipinski definition) is 2. The van der Waals surface area contributed by atoms with Gasteiger partial charge in [-0.1, -0.05) is 6.92 Å². The fourth-order valence-electron chi connectivity index (χ4n) is 1.67. The lowest BCUT2D eigenvalue weighted by atomic mass is 10.3. The summed E-state index contributed by atoms with van der Waals surface area (Å²) >= 11 is 1.24. The average molecular weight is 313 g/mol. The van der Waals surface area contributed by atoms with Crippen molar-refractivity contribution in [3.8, 4) is 0 Å². The van der Waals surface area contributed by atoms with Crippen LogP contribution in [0.15, 0.2) is 11.4 Å². The molecule has 1 rings (SSSR count). The predicted octanol–water partition coefficient (Wildman–Crippen LogP) is 0.670. The van der Waals surface area contributed by atoms with E-state index in [1.54, 1.807) is 11.4 Å². The van der Waals surface area contributed by atoms with Crippen molar-refractivity contribution in [2.24, 2.45) is 5.73 Å². The Bertz CT molecular complexity index is 515. The molecule has 116 valence electrons. The number of primary amides is 1. The first-order valence-corrected chi connectivity index (χ1v) is 7.32. The molecule has 0 radical (unpaired) electrons. The number of anilines is 1. The molecule has 0 unspecified atom stereocenters. The van der Waals surface area contributed by atoms with Gasteiger partial charge in [-0.05, 0) is 18.0 Å². The highest BCUT2D eigenvalue weighted by molar-refractivity contribution is 7.14. The van der Waals surface area contributed by atoms with Gasteiger partial charge in [0.2, 0.25) is 5.91 Å². The van der Waals surface area contributed by atoms with E-state index >= 15 is 0 Å². The monoisotopic (exact) mass is 313 g/mol. The Morgan fingerprint density at radius 3 is 2.71 bits per heavy atom. The number of amides is 2. The number of ether oxygens (including phenoxy) is 1. The summed E-state index contributed by atoms with van der Waals surface area (Å²) in [7, 11) is 1.33. The number of thiophene rings is 1. The molecule has 0 aliphatic rings. The van der Waals surface area contributed by atoms with Crippen molar-refractivity contribution in [3.05, 3.63) is 17.0 Å². The minimum Gasteiger partial charge on any atom is -0.469 e. The first-order chi connectivity index (χ1) is 9.97. The zero-order chi connectivity index (χ0) is 15.8. The van der Waals surface area contributed by atoms with Gasteiger partial charge in [0.15, 0.2) is 0 Å². The molecule has 0 fully saturated rings. The summed E-state index contributed by atoms with van der Waals surface area (Å²) in [5.74, 6) is -1.15. The molecule has 7 nitrogen and oxygen atoms in total. The highest BCUT2D eigenvalue weighted by atomic mass is 32.1. The lowest BCUT2D eigenvalue weighted by Crippen LogP contribution is -2.35. The zero-order valence-corrected chi connectivity index (χ0v) is 12.9. The Balaban J connectivity index is 2.52. The largest absolute Gasteiger partial charge is 0.469 e. The van der Waals surface area contributed by atoms with Gasteiger partial charge in [-0.3, -0.25) is 19.3 Å². The van der Waals surface area contributed by atoms with Crippen LogP contribution in [-0.4, -0.2) is 49.4 Å². The molecule has 3 N–H and O–H groups in total. The summed E-state index contributed by atoms with van der Waals surface area (Å²) in [4.78, 5) is 36.0. The number of esters is 1. The maximum absolute atomic E-state index is 12.0. The first-order valence-electron chi connectivity index (χ1n) is 6.44. The van der Waals surface area contributed by atoms with Crippen molar-refractivity contribution in [1.29, 1.82) is 0 Å². The van der Waals surface area contributed by atoms with E-state index in [4.69, 9.17) is 5.73 Å². The molecule has 1 heterocycles. The first kappa shape index (κ1) is 17.1. The Labute approximate surface area is 127 Å². The zero-order valence-electron chi connectivity index (χ0n) is 12.0. The van der Waals surface area contributed by atoms with Crippen molar-refractivity contribution >= 4 is 34.1 Å². The van der Waals surface area contributed by atoms with Crippen LogP contribution in [0, 0.1) is 0 Å². The van der Waals surface area contributed by atoms with Crippen LogP contribution in [0.4, 0.5) is 5.00 Å². The van der Waals surface area contributed by atoms with Crippen LogP contribution in [-0.2, 0) is 14.3 Å². The smallest absolute Gasteiger partial charge is 0.306 e. The fourth-order valence-corrected chi connectivity index (χ4v) is 2.48. The van der Waals surface area contributed by atoms with Gasteiger partial charge in [-0.2, -0.15) is 0 Å². The average Bonchev–Trinajstić information content (AvgIpc) is 2.91. The van der Waals surface area contributed by atoms with Crippen LogP contribution < -0.4 is 11.1 Å². The summed E-state index contributed by atoms with van der Waals surface area (Å²) in [5.41, 5.74) is 5.51. The molecule has 0 saturated heterocycles. The molecular weight excluding hydrogens is 294 g/mol. The third kappa shape index (κ3) is 5.52. The molecule has 0 aliphatic heterocycles. The molecule has 0 aliphatic carbocycles. The molecule has 0 aromatic carbocycles. The highest BCUT2D eigenvalue weighted by Crippen LogP contribution is 2.22. The maximum Gasteiger partial charge on any atom is 0.306 e. The van der Waals surface area contributed by atoms with E-state index in [0.717, 1.165) is 0 Å². The third-order valence-electron chi connectivity index (χ3n) is 2.86. The normalized spacial score (nSPS) is 10.4. The Kier molecular flexibility index (Phi) is 6.83. The number of carbonyl (C=O) groups excluding carboxylic acids is 3. The second kappa shape index (κ2) is 8.38. The predicted molar refractivity (Wildman–Crippen MR) is 80.2 cm³/mol. The summed E-state index contributed by atoms with van der Waals surface area (Å²) in [5, 5.41) is 4.79. The molecule has 0 saturated carbocycles. The molecule has 21 heavy (non-hydrogen) atoms. The van der Waals surface area contributed by atoms with Crippen molar-refractivity contribution in [2.45, 2.75) is 13.3 Å². The maximum atomic E-state index is 12.0. The number of hydrogen-bond acceptors (Lipinski definition) is 6. The summed E-state index contributed by atoms with van der Waals surface area (Å²) < 4.78 is 4.56. The minimum absolute atomic E-state index is 0.129. The quantitative estimate of drug-likeness (QED) is 0.687. The van der Waals surface area contributed by atoms with Crippen LogP contribution in [0.3, 0.4) is 0 Å². The van der Waals surface area contributed by atoms with Crippen LogP contribution in [0.1, 0.15) is 23.7 Å². The van der Waals surface area contributed by atoms with E-state index in [0.29, 0.717) is 23.7 Å². The molecule has 1 aromatic rings. The number of rotatable bonds is 8. The Morgan fingerprint density at radius 1 is 1.43 bits per heavy atom. The second-order valence-corrected chi connectivity index (χ2v) is 5.19. The molecule has 1 aromatic heterocycles. The highest BCUT2D eigenvalue weighted by Gasteiger charge is 2.15. The number of nitrogens with two attached hydrogens (primary N) is 1. The standard InChI is InChI=1S/C13H19N3O4S/c1-3-16(6-4-11(18)20-2)8-10(17)15-13-9(12(14)19)5-7-21-13/h5,7H,3-4,6,8H2,1-2H3,(H2,14,19)(H,15,17). The van der Waals surface area contributed by atoms with E-state index in [1.807, 2.05) is 11.8 Å². The van der Waals surface area contributed by atoms with Gasteiger partial charge in [0, 0.05) is 6.54 Å². The van der Waals surface area contributed by atoms with Gasteiger partial charge >= 0.3 is 5.97 Å². The topological polar surface area (TPSA) is 102 Å². The van der Waals surface area contributed by atoms with Gasteiger partial charge in [0.25, 0.3) is 5.91 Å². The molecule has 2 amide bonds. The van der Waals surface area contributed by atoms with Crippen molar-refractivity contribution in [1.82, 2.24) is 4.90 Å². The van der Waals surface area contributed by atoms with Crippen molar-refractivity contribution in [2.75, 3.05) is 32.1 Å². The third-order valence-corrected chi connectivity index (χ3v) is 3.69. The van der Waals surface area contributed by atoms with Crippen LogP contribution in [0.5, 0.6) is 0 Å². The Hall–Kier alpha value is -1.93. The van der Waals surface area contributed by atoms with E-state index in [2.05, 4.69) is 10.1 Å². The number of carbonyl (C=O) groups is 3. The molecule has 0 bridgehead atoms.